The van der Waals surface area contributed by atoms with Crippen molar-refractivity contribution in [3.05, 3.63) is 52.0 Å². The molecule has 0 radical (unpaired) electrons. The highest BCUT2D eigenvalue weighted by atomic mass is 79.9. The number of carbonyl (C=O) groups is 1. The lowest BCUT2D eigenvalue weighted by Crippen LogP contribution is -2.13. The first kappa shape index (κ1) is 15.4. The summed E-state index contributed by atoms with van der Waals surface area (Å²) in [6.45, 7) is 1.97. The Bertz CT molecular complexity index is 671. The molecule has 2 rings (SSSR count). The SMILES string of the molecule is COc1ccc(C(=O)Nc2cccc(C)c2Br)c(OC)c1. The maximum absolute atomic E-state index is 12.4. The highest BCUT2D eigenvalue weighted by Gasteiger charge is 2.15. The quantitative estimate of drug-likeness (QED) is 0.906. The van der Waals surface area contributed by atoms with E-state index in [1.165, 1.54) is 7.11 Å². The number of rotatable bonds is 4. The van der Waals surface area contributed by atoms with E-state index in [0.29, 0.717) is 17.1 Å². The van der Waals surface area contributed by atoms with Gasteiger partial charge in [0.15, 0.2) is 0 Å². The second-order valence-corrected chi connectivity index (χ2v) is 5.25. The van der Waals surface area contributed by atoms with Crippen molar-refractivity contribution in [1.29, 1.82) is 0 Å². The summed E-state index contributed by atoms with van der Waals surface area (Å²) in [6.07, 6.45) is 0. The summed E-state index contributed by atoms with van der Waals surface area (Å²) >= 11 is 3.47. The predicted octanol–water partition coefficient (Wildman–Crippen LogP) is 4.03. The second kappa shape index (κ2) is 6.63. The van der Waals surface area contributed by atoms with Crippen LogP contribution in [0.3, 0.4) is 0 Å². The summed E-state index contributed by atoms with van der Waals surface area (Å²) < 4.78 is 11.2. The minimum absolute atomic E-state index is 0.235. The Balaban J connectivity index is 2.30. The van der Waals surface area contributed by atoms with Crippen molar-refractivity contribution in [3.63, 3.8) is 0 Å². The van der Waals surface area contributed by atoms with Crippen LogP contribution in [0.4, 0.5) is 5.69 Å². The summed E-state index contributed by atoms with van der Waals surface area (Å²) in [7, 11) is 3.09. The van der Waals surface area contributed by atoms with E-state index in [2.05, 4.69) is 21.2 Å². The van der Waals surface area contributed by atoms with Crippen LogP contribution in [0.5, 0.6) is 11.5 Å². The molecule has 4 nitrogen and oxygen atoms in total. The van der Waals surface area contributed by atoms with E-state index >= 15 is 0 Å². The van der Waals surface area contributed by atoms with E-state index in [4.69, 9.17) is 9.47 Å². The molecule has 5 heteroatoms. The van der Waals surface area contributed by atoms with Crippen LogP contribution in [0.2, 0.25) is 0 Å². The summed E-state index contributed by atoms with van der Waals surface area (Å²) in [6, 6.07) is 10.8. The highest BCUT2D eigenvalue weighted by Crippen LogP contribution is 2.29. The van der Waals surface area contributed by atoms with Crippen molar-refractivity contribution < 1.29 is 14.3 Å². The fourth-order valence-electron chi connectivity index (χ4n) is 1.92. The number of carbonyl (C=O) groups excluding carboxylic acids is 1. The van der Waals surface area contributed by atoms with Crippen molar-refractivity contribution in [2.24, 2.45) is 0 Å². The van der Waals surface area contributed by atoms with E-state index in [9.17, 15) is 4.79 Å². The third-order valence-corrected chi connectivity index (χ3v) is 4.15. The second-order valence-electron chi connectivity index (χ2n) is 4.46. The van der Waals surface area contributed by atoms with Gasteiger partial charge in [-0.05, 0) is 46.6 Å². The number of halogens is 1. The minimum atomic E-state index is -0.235. The van der Waals surface area contributed by atoms with E-state index in [1.54, 1.807) is 25.3 Å². The molecule has 2 aromatic rings. The fraction of sp³-hybridized carbons (Fsp3) is 0.188. The van der Waals surface area contributed by atoms with Gasteiger partial charge in [-0.1, -0.05) is 12.1 Å². The molecule has 0 aliphatic carbocycles. The first-order valence-corrected chi connectivity index (χ1v) is 7.14. The van der Waals surface area contributed by atoms with Gasteiger partial charge in [-0.3, -0.25) is 4.79 Å². The first-order chi connectivity index (χ1) is 10.1. The number of hydrogen-bond acceptors (Lipinski definition) is 3. The number of ether oxygens (including phenoxy) is 2. The van der Waals surface area contributed by atoms with E-state index in [0.717, 1.165) is 15.7 Å². The molecule has 0 aliphatic rings. The molecule has 0 unspecified atom stereocenters. The number of nitrogens with one attached hydrogen (secondary N) is 1. The number of anilines is 1. The molecule has 0 fully saturated rings. The molecular formula is C16H16BrNO3. The van der Waals surface area contributed by atoms with Crippen molar-refractivity contribution in [3.8, 4) is 11.5 Å². The van der Waals surface area contributed by atoms with Crippen molar-refractivity contribution in [2.45, 2.75) is 6.92 Å². The molecule has 0 bridgehead atoms. The minimum Gasteiger partial charge on any atom is -0.497 e. The van der Waals surface area contributed by atoms with E-state index < -0.39 is 0 Å². The third kappa shape index (κ3) is 3.36. The van der Waals surface area contributed by atoms with Crippen LogP contribution in [0.25, 0.3) is 0 Å². The van der Waals surface area contributed by atoms with Crippen molar-refractivity contribution in [2.75, 3.05) is 19.5 Å². The van der Waals surface area contributed by atoms with Crippen LogP contribution in [0, 0.1) is 6.92 Å². The standard InChI is InChI=1S/C16H16BrNO3/c1-10-5-4-6-13(15(10)17)18-16(19)12-8-7-11(20-2)9-14(12)21-3/h4-9H,1-3H3,(H,18,19). The zero-order chi connectivity index (χ0) is 15.4. The Labute approximate surface area is 132 Å². The Morgan fingerprint density at radius 2 is 1.90 bits per heavy atom. The lowest BCUT2D eigenvalue weighted by molar-refractivity contribution is 0.102. The molecule has 0 spiro atoms. The van der Waals surface area contributed by atoms with Gasteiger partial charge in [0.05, 0.1) is 25.5 Å². The average molecular weight is 350 g/mol. The Morgan fingerprint density at radius 3 is 2.57 bits per heavy atom. The molecule has 1 N–H and O–H groups in total. The number of benzene rings is 2. The maximum atomic E-state index is 12.4. The number of hydrogen-bond donors (Lipinski definition) is 1. The normalized spacial score (nSPS) is 10.1. The zero-order valence-corrected chi connectivity index (χ0v) is 13.7. The molecule has 110 valence electrons. The molecule has 2 aromatic carbocycles. The number of aryl methyl sites for hydroxylation is 1. The molecule has 0 aromatic heterocycles. The van der Waals surface area contributed by atoms with E-state index in [-0.39, 0.29) is 5.91 Å². The molecule has 0 saturated carbocycles. The Hall–Kier alpha value is -2.01. The molecule has 0 aliphatic heterocycles. The molecule has 0 heterocycles. The lowest BCUT2D eigenvalue weighted by atomic mass is 10.1. The van der Waals surface area contributed by atoms with Crippen molar-refractivity contribution in [1.82, 2.24) is 0 Å². The topological polar surface area (TPSA) is 47.6 Å². The highest BCUT2D eigenvalue weighted by molar-refractivity contribution is 9.10. The molecular weight excluding hydrogens is 334 g/mol. The molecule has 21 heavy (non-hydrogen) atoms. The predicted molar refractivity (Wildman–Crippen MR) is 86.4 cm³/mol. The van der Waals surface area contributed by atoms with Gasteiger partial charge in [-0.2, -0.15) is 0 Å². The van der Waals surface area contributed by atoms with Gasteiger partial charge in [0.2, 0.25) is 0 Å². The number of methoxy groups -OCH3 is 2. The van der Waals surface area contributed by atoms with Gasteiger partial charge in [0, 0.05) is 10.5 Å². The van der Waals surface area contributed by atoms with Gasteiger partial charge >= 0.3 is 0 Å². The summed E-state index contributed by atoms with van der Waals surface area (Å²) in [5.74, 6) is 0.872. The van der Waals surface area contributed by atoms with Gasteiger partial charge < -0.3 is 14.8 Å². The summed E-state index contributed by atoms with van der Waals surface area (Å²) in [5, 5.41) is 2.87. The van der Waals surface area contributed by atoms with Crippen LogP contribution >= 0.6 is 15.9 Å². The monoisotopic (exact) mass is 349 g/mol. The van der Waals surface area contributed by atoms with Crippen LogP contribution in [0.1, 0.15) is 15.9 Å². The smallest absolute Gasteiger partial charge is 0.259 e. The van der Waals surface area contributed by atoms with Gasteiger partial charge in [-0.15, -0.1) is 0 Å². The third-order valence-electron chi connectivity index (χ3n) is 3.09. The molecule has 0 atom stereocenters. The Kier molecular flexibility index (Phi) is 4.85. The summed E-state index contributed by atoms with van der Waals surface area (Å²) in [5.41, 5.74) is 2.22. The van der Waals surface area contributed by atoms with Gasteiger partial charge in [0.1, 0.15) is 11.5 Å². The maximum Gasteiger partial charge on any atom is 0.259 e. The van der Waals surface area contributed by atoms with Crippen LogP contribution in [-0.4, -0.2) is 20.1 Å². The fourth-order valence-corrected chi connectivity index (χ4v) is 2.28. The van der Waals surface area contributed by atoms with Crippen LogP contribution < -0.4 is 14.8 Å². The van der Waals surface area contributed by atoms with Crippen molar-refractivity contribution >= 4 is 27.5 Å². The largest absolute Gasteiger partial charge is 0.497 e. The summed E-state index contributed by atoms with van der Waals surface area (Å²) in [4.78, 5) is 12.4. The lowest BCUT2D eigenvalue weighted by Gasteiger charge is -2.12. The van der Waals surface area contributed by atoms with Crippen LogP contribution in [0.15, 0.2) is 40.9 Å². The molecule has 1 amide bonds. The average Bonchev–Trinajstić information content (AvgIpc) is 2.51. The van der Waals surface area contributed by atoms with E-state index in [1.807, 2.05) is 25.1 Å². The van der Waals surface area contributed by atoms with Crippen LogP contribution in [-0.2, 0) is 0 Å². The molecule has 0 saturated heterocycles. The van der Waals surface area contributed by atoms with Gasteiger partial charge in [-0.25, -0.2) is 0 Å². The Morgan fingerprint density at radius 1 is 1.14 bits per heavy atom. The zero-order valence-electron chi connectivity index (χ0n) is 12.1. The first-order valence-electron chi connectivity index (χ1n) is 6.35. The number of amides is 1. The van der Waals surface area contributed by atoms with Gasteiger partial charge in [0.25, 0.3) is 5.91 Å².